The lowest BCUT2D eigenvalue weighted by Gasteiger charge is -2.06. The van der Waals surface area contributed by atoms with Gasteiger partial charge in [-0.15, -0.1) is 0 Å². The van der Waals surface area contributed by atoms with E-state index in [1.54, 1.807) is 29.2 Å². The number of rotatable bonds is 5. The third kappa shape index (κ3) is 3.63. The van der Waals surface area contributed by atoms with Crippen LogP contribution in [0.15, 0.2) is 59.7 Å². The Bertz CT molecular complexity index is 1130. The van der Waals surface area contributed by atoms with E-state index in [4.69, 9.17) is 11.6 Å². The minimum Gasteiger partial charge on any atom is -0.308 e. The van der Waals surface area contributed by atoms with Gasteiger partial charge in [0, 0.05) is 41.5 Å². The highest BCUT2D eigenvalue weighted by Crippen LogP contribution is 2.21. The highest BCUT2D eigenvalue weighted by molar-refractivity contribution is 6.30. The molecule has 6 nitrogen and oxygen atoms in total. The predicted molar refractivity (Wildman–Crippen MR) is 106 cm³/mol. The van der Waals surface area contributed by atoms with Gasteiger partial charge in [0.15, 0.2) is 0 Å². The van der Waals surface area contributed by atoms with Gasteiger partial charge in [0.25, 0.3) is 5.56 Å². The van der Waals surface area contributed by atoms with Crippen LogP contribution in [0.1, 0.15) is 16.8 Å². The van der Waals surface area contributed by atoms with Crippen LogP contribution >= 0.6 is 11.6 Å². The molecule has 4 rings (SSSR count). The van der Waals surface area contributed by atoms with Gasteiger partial charge < -0.3 is 10.3 Å². The van der Waals surface area contributed by atoms with Crippen LogP contribution in [-0.2, 0) is 13.1 Å². The number of hydrogen-bond acceptors (Lipinski definition) is 4. The molecule has 7 heteroatoms. The Kier molecular flexibility index (Phi) is 4.75. The fourth-order valence-corrected chi connectivity index (χ4v) is 3.13. The molecule has 3 heterocycles. The summed E-state index contributed by atoms with van der Waals surface area (Å²) in [5, 5.41) is 9.43. The average Bonchev–Trinajstić information content (AvgIpc) is 2.99. The zero-order valence-electron chi connectivity index (χ0n) is 14.7. The lowest BCUT2D eigenvalue weighted by molar-refractivity contribution is 0.686. The molecule has 0 amide bonds. The minimum absolute atomic E-state index is 0.128. The number of H-pyrrole nitrogens is 1. The number of hydrogen-bond donors (Lipinski definition) is 2. The van der Waals surface area contributed by atoms with Crippen LogP contribution in [0.3, 0.4) is 0 Å². The number of nitrogens with one attached hydrogen (secondary N) is 2. The second kappa shape index (κ2) is 7.34. The first-order chi connectivity index (χ1) is 13.1. The van der Waals surface area contributed by atoms with E-state index in [1.165, 1.54) is 0 Å². The van der Waals surface area contributed by atoms with Gasteiger partial charge in [-0.3, -0.25) is 9.78 Å². The summed E-state index contributed by atoms with van der Waals surface area (Å²) in [7, 11) is 0. The monoisotopic (exact) mass is 379 g/mol. The Morgan fingerprint density at radius 1 is 1.19 bits per heavy atom. The van der Waals surface area contributed by atoms with Crippen LogP contribution < -0.4 is 10.9 Å². The largest absolute Gasteiger partial charge is 0.308 e. The van der Waals surface area contributed by atoms with Gasteiger partial charge in [-0.2, -0.15) is 5.10 Å². The van der Waals surface area contributed by atoms with Gasteiger partial charge in [-0.25, -0.2) is 4.68 Å². The lowest BCUT2D eigenvalue weighted by atomic mass is 10.2. The van der Waals surface area contributed by atoms with Crippen molar-refractivity contribution in [2.75, 3.05) is 0 Å². The summed E-state index contributed by atoms with van der Waals surface area (Å²) in [6.45, 7) is 3.04. The first-order valence-corrected chi connectivity index (χ1v) is 8.97. The molecule has 0 saturated heterocycles. The van der Waals surface area contributed by atoms with Crippen molar-refractivity contribution >= 4 is 22.6 Å². The molecule has 0 spiro atoms. The summed E-state index contributed by atoms with van der Waals surface area (Å²) in [5.41, 5.74) is 3.99. The normalized spacial score (nSPS) is 11.2. The van der Waals surface area contributed by atoms with Crippen molar-refractivity contribution in [3.63, 3.8) is 0 Å². The molecule has 2 N–H and O–H groups in total. The maximum Gasteiger partial charge on any atom is 0.254 e. The second-order valence-corrected chi connectivity index (χ2v) is 6.76. The number of pyridine rings is 2. The molecular formula is C20H18ClN5O. The van der Waals surface area contributed by atoms with Crippen molar-refractivity contribution in [3.8, 4) is 5.69 Å². The molecule has 0 radical (unpaired) electrons. The Labute approximate surface area is 160 Å². The molecule has 0 bridgehead atoms. The summed E-state index contributed by atoms with van der Waals surface area (Å²) < 4.78 is 1.73. The summed E-state index contributed by atoms with van der Waals surface area (Å²) >= 11 is 5.96. The standard InChI is InChI=1S/C20H18ClN5O/c1-13-18-9-15(12-23-11-14-3-2-8-22-10-14)20(27)24-19(18)26(25-13)17-6-4-16(21)5-7-17/h2-10,23H,11-12H2,1H3,(H,24,27). The SMILES string of the molecule is Cc1nn(-c2ccc(Cl)cc2)c2[nH]c(=O)c(CNCc3cccnc3)cc12. The fraction of sp³-hybridized carbons (Fsp3) is 0.150. The number of fused-ring (bicyclic) bond motifs is 1. The molecule has 0 aliphatic heterocycles. The number of nitrogens with zero attached hydrogens (tertiary/aromatic N) is 3. The number of aryl methyl sites for hydroxylation is 1. The van der Waals surface area contributed by atoms with Gasteiger partial charge >= 0.3 is 0 Å². The maximum atomic E-state index is 12.6. The van der Waals surface area contributed by atoms with Crippen LogP contribution in [0.4, 0.5) is 0 Å². The first kappa shape index (κ1) is 17.5. The highest BCUT2D eigenvalue weighted by Gasteiger charge is 2.12. The molecule has 1 aromatic carbocycles. The van der Waals surface area contributed by atoms with Crippen LogP contribution in [0.2, 0.25) is 5.02 Å². The number of halogens is 1. The van der Waals surface area contributed by atoms with Gasteiger partial charge in [0.05, 0.1) is 11.4 Å². The molecule has 0 saturated carbocycles. The molecule has 0 atom stereocenters. The third-order valence-corrected chi connectivity index (χ3v) is 4.64. The summed E-state index contributed by atoms with van der Waals surface area (Å²) in [5.74, 6) is 0. The zero-order valence-corrected chi connectivity index (χ0v) is 15.5. The Balaban J connectivity index is 1.63. The average molecular weight is 380 g/mol. The Morgan fingerprint density at radius 2 is 2.00 bits per heavy atom. The van der Waals surface area contributed by atoms with E-state index in [-0.39, 0.29) is 5.56 Å². The first-order valence-electron chi connectivity index (χ1n) is 8.59. The van der Waals surface area contributed by atoms with E-state index in [1.807, 2.05) is 37.3 Å². The van der Waals surface area contributed by atoms with Gasteiger partial charge in [-0.05, 0) is 48.9 Å². The fourth-order valence-electron chi connectivity index (χ4n) is 3.00. The van der Waals surface area contributed by atoms with Crippen molar-refractivity contribution < 1.29 is 0 Å². The number of aromatic nitrogens is 4. The molecule has 0 aliphatic carbocycles. The topological polar surface area (TPSA) is 75.6 Å². The van der Waals surface area contributed by atoms with E-state index in [2.05, 4.69) is 20.4 Å². The summed E-state index contributed by atoms with van der Waals surface area (Å²) in [4.78, 5) is 19.6. The molecule has 0 aliphatic rings. The van der Waals surface area contributed by atoms with Crippen molar-refractivity contribution in [2.45, 2.75) is 20.0 Å². The van der Waals surface area contributed by atoms with Gasteiger partial charge in [0.1, 0.15) is 5.65 Å². The molecule has 0 unspecified atom stereocenters. The molecule has 0 fully saturated rings. The number of benzene rings is 1. The quantitative estimate of drug-likeness (QED) is 0.557. The second-order valence-electron chi connectivity index (χ2n) is 6.32. The van der Waals surface area contributed by atoms with Gasteiger partial charge in [0.2, 0.25) is 0 Å². The van der Waals surface area contributed by atoms with E-state index < -0.39 is 0 Å². The molecule has 27 heavy (non-hydrogen) atoms. The van der Waals surface area contributed by atoms with Crippen LogP contribution in [0, 0.1) is 6.92 Å². The predicted octanol–water partition coefficient (Wildman–Crippen LogP) is 3.36. The van der Waals surface area contributed by atoms with Crippen molar-refractivity contribution in [3.05, 3.63) is 87.1 Å². The Morgan fingerprint density at radius 3 is 2.74 bits per heavy atom. The molecule has 4 aromatic rings. The van der Waals surface area contributed by atoms with Crippen molar-refractivity contribution in [2.24, 2.45) is 0 Å². The molecular weight excluding hydrogens is 362 g/mol. The lowest BCUT2D eigenvalue weighted by Crippen LogP contribution is -2.21. The highest BCUT2D eigenvalue weighted by atomic mass is 35.5. The minimum atomic E-state index is -0.128. The maximum absolute atomic E-state index is 12.6. The number of aromatic amines is 1. The zero-order chi connectivity index (χ0) is 18.8. The van der Waals surface area contributed by atoms with E-state index in [0.717, 1.165) is 22.3 Å². The smallest absolute Gasteiger partial charge is 0.254 e. The Hall–Kier alpha value is -2.96. The van der Waals surface area contributed by atoms with E-state index in [9.17, 15) is 4.79 Å². The van der Waals surface area contributed by atoms with Gasteiger partial charge in [-0.1, -0.05) is 17.7 Å². The van der Waals surface area contributed by atoms with Crippen LogP contribution in [-0.4, -0.2) is 19.7 Å². The van der Waals surface area contributed by atoms with E-state index >= 15 is 0 Å². The summed E-state index contributed by atoms with van der Waals surface area (Å²) in [6.07, 6.45) is 3.55. The van der Waals surface area contributed by atoms with Crippen molar-refractivity contribution in [1.82, 2.24) is 25.1 Å². The summed E-state index contributed by atoms with van der Waals surface area (Å²) in [6, 6.07) is 13.1. The van der Waals surface area contributed by atoms with Crippen LogP contribution in [0.5, 0.6) is 0 Å². The van der Waals surface area contributed by atoms with Crippen LogP contribution in [0.25, 0.3) is 16.7 Å². The molecule has 136 valence electrons. The molecule has 3 aromatic heterocycles. The third-order valence-electron chi connectivity index (χ3n) is 4.39. The van der Waals surface area contributed by atoms with Crippen molar-refractivity contribution in [1.29, 1.82) is 0 Å². The van der Waals surface area contributed by atoms with E-state index in [0.29, 0.717) is 29.3 Å².